The summed E-state index contributed by atoms with van der Waals surface area (Å²) in [6, 6.07) is 19.7. The van der Waals surface area contributed by atoms with E-state index in [1.165, 1.54) is 4.70 Å². The van der Waals surface area contributed by atoms with Gasteiger partial charge in [0, 0.05) is 18.7 Å². The molecule has 6 heteroatoms. The predicted molar refractivity (Wildman–Crippen MR) is 105 cm³/mol. The fourth-order valence-electron chi connectivity index (χ4n) is 2.75. The zero-order valence-electron chi connectivity index (χ0n) is 14.1. The Kier molecular flexibility index (Phi) is 4.75. The molecule has 130 valence electrons. The van der Waals surface area contributed by atoms with Crippen LogP contribution < -0.4 is 5.32 Å². The van der Waals surface area contributed by atoms with Gasteiger partial charge < -0.3 is 5.32 Å². The highest BCUT2D eigenvalue weighted by molar-refractivity contribution is 7.18. The molecule has 1 amide bonds. The second-order valence-electron chi connectivity index (χ2n) is 5.96. The molecule has 2 heterocycles. The zero-order chi connectivity index (χ0) is 17.8. The van der Waals surface area contributed by atoms with Gasteiger partial charge in [-0.2, -0.15) is 5.10 Å². The highest BCUT2D eigenvalue weighted by atomic mass is 32.1. The van der Waals surface area contributed by atoms with Gasteiger partial charge in [0.05, 0.1) is 20.9 Å². The van der Waals surface area contributed by atoms with Crippen LogP contribution in [0.4, 0.5) is 5.82 Å². The van der Waals surface area contributed by atoms with Gasteiger partial charge in [0.1, 0.15) is 0 Å². The van der Waals surface area contributed by atoms with E-state index in [1.807, 2.05) is 54.7 Å². The Hall–Kier alpha value is -2.99. The van der Waals surface area contributed by atoms with Crippen LogP contribution in [-0.4, -0.2) is 20.7 Å². The summed E-state index contributed by atoms with van der Waals surface area (Å²) in [5.74, 6) is 0.545. The smallest absolute Gasteiger partial charge is 0.225 e. The first kappa shape index (κ1) is 16.5. The highest BCUT2D eigenvalue weighted by Gasteiger charge is 2.08. The number of para-hydroxylation sites is 2. The number of hydrogen-bond donors (Lipinski definition) is 1. The summed E-state index contributed by atoms with van der Waals surface area (Å²) in [6.45, 7) is 0. The standard InChI is InChI=1S/C20H18N4OS/c25-19(11-6-12-20-21-16-9-4-5-10-17(16)26-20)22-18-13-14-24(23-18)15-7-2-1-3-8-15/h1-5,7-10,13-14H,6,11-12H2,(H,22,23,25). The summed E-state index contributed by atoms with van der Waals surface area (Å²) in [5.41, 5.74) is 1.99. The summed E-state index contributed by atoms with van der Waals surface area (Å²) in [5, 5.41) is 8.32. The van der Waals surface area contributed by atoms with Gasteiger partial charge in [-0.05, 0) is 37.1 Å². The van der Waals surface area contributed by atoms with Crippen LogP contribution in [0.25, 0.3) is 15.9 Å². The maximum Gasteiger partial charge on any atom is 0.225 e. The Labute approximate surface area is 155 Å². The average Bonchev–Trinajstić information content (AvgIpc) is 3.29. The van der Waals surface area contributed by atoms with Crippen molar-refractivity contribution in [3.8, 4) is 5.69 Å². The molecule has 0 aliphatic heterocycles. The lowest BCUT2D eigenvalue weighted by Gasteiger charge is -2.02. The molecule has 0 fully saturated rings. The topological polar surface area (TPSA) is 59.8 Å². The van der Waals surface area contributed by atoms with Crippen LogP contribution in [0.5, 0.6) is 0 Å². The van der Waals surface area contributed by atoms with E-state index >= 15 is 0 Å². The summed E-state index contributed by atoms with van der Waals surface area (Å²) in [4.78, 5) is 16.7. The molecule has 2 aromatic heterocycles. The lowest BCUT2D eigenvalue weighted by Crippen LogP contribution is -2.12. The first-order valence-electron chi connectivity index (χ1n) is 8.53. The number of fused-ring (bicyclic) bond motifs is 1. The molecular formula is C20H18N4OS. The maximum absolute atomic E-state index is 12.1. The van der Waals surface area contributed by atoms with Crippen molar-refractivity contribution in [2.75, 3.05) is 5.32 Å². The number of rotatable bonds is 6. The van der Waals surface area contributed by atoms with Gasteiger partial charge in [0.2, 0.25) is 5.91 Å². The molecule has 26 heavy (non-hydrogen) atoms. The molecule has 0 unspecified atom stereocenters. The van der Waals surface area contributed by atoms with E-state index in [1.54, 1.807) is 22.1 Å². The average molecular weight is 362 g/mol. The van der Waals surface area contributed by atoms with E-state index in [-0.39, 0.29) is 5.91 Å². The van der Waals surface area contributed by atoms with Gasteiger partial charge in [-0.15, -0.1) is 11.3 Å². The Balaban J connectivity index is 1.29. The number of benzene rings is 2. The maximum atomic E-state index is 12.1. The largest absolute Gasteiger partial charge is 0.309 e. The van der Waals surface area contributed by atoms with Crippen LogP contribution >= 0.6 is 11.3 Å². The number of thiazole rings is 1. The molecule has 4 rings (SSSR count). The third-order valence-electron chi connectivity index (χ3n) is 4.01. The fraction of sp³-hybridized carbons (Fsp3) is 0.150. The van der Waals surface area contributed by atoms with E-state index in [2.05, 4.69) is 21.5 Å². The summed E-state index contributed by atoms with van der Waals surface area (Å²) in [6.07, 6.45) is 3.87. The summed E-state index contributed by atoms with van der Waals surface area (Å²) in [7, 11) is 0. The molecule has 0 saturated heterocycles. The van der Waals surface area contributed by atoms with E-state index in [9.17, 15) is 4.79 Å². The molecule has 0 aliphatic carbocycles. The Morgan fingerprint density at radius 1 is 1.04 bits per heavy atom. The van der Waals surface area contributed by atoms with Crippen molar-refractivity contribution in [3.05, 3.63) is 71.9 Å². The van der Waals surface area contributed by atoms with Crippen LogP contribution in [0.2, 0.25) is 0 Å². The minimum Gasteiger partial charge on any atom is -0.309 e. The predicted octanol–water partition coefficient (Wildman–Crippen LogP) is 4.44. The Bertz CT molecular complexity index is 989. The van der Waals surface area contributed by atoms with Crippen molar-refractivity contribution < 1.29 is 4.79 Å². The van der Waals surface area contributed by atoms with Gasteiger partial charge in [-0.3, -0.25) is 4.79 Å². The highest BCUT2D eigenvalue weighted by Crippen LogP contribution is 2.22. The van der Waals surface area contributed by atoms with Crippen molar-refractivity contribution >= 4 is 33.3 Å². The van der Waals surface area contributed by atoms with Gasteiger partial charge in [0.15, 0.2) is 5.82 Å². The second-order valence-corrected chi connectivity index (χ2v) is 7.07. The van der Waals surface area contributed by atoms with Gasteiger partial charge in [-0.25, -0.2) is 9.67 Å². The van der Waals surface area contributed by atoms with Gasteiger partial charge in [0.25, 0.3) is 0 Å². The molecule has 4 aromatic rings. The minimum absolute atomic E-state index is 0.0237. The molecule has 2 aromatic carbocycles. The fourth-order valence-corrected chi connectivity index (χ4v) is 3.76. The summed E-state index contributed by atoms with van der Waals surface area (Å²) < 4.78 is 2.94. The molecule has 0 atom stereocenters. The third-order valence-corrected chi connectivity index (χ3v) is 5.11. The van der Waals surface area contributed by atoms with Crippen molar-refractivity contribution in [1.82, 2.24) is 14.8 Å². The quantitative estimate of drug-likeness (QED) is 0.551. The normalized spacial score (nSPS) is 10.9. The molecule has 1 N–H and O–H groups in total. The number of nitrogens with one attached hydrogen (secondary N) is 1. The molecular weight excluding hydrogens is 344 g/mol. The van der Waals surface area contributed by atoms with Gasteiger partial charge in [-0.1, -0.05) is 30.3 Å². The molecule has 0 saturated carbocycles. The number of carbonyl (C=O) groups is 1. The zero-order valence-corrected chi connectivity index (χ0v) is 14.9. The van der Waals surface area contributed by atoms with Crippen molar-refractivity contribution in [1.29, 1.82) is 0 Å². The Morgan fingerprint density at radius 3 is 2.69 bits per heavy atom. The second kappa shape index (κ2) is 7.49. The molecule has 0 spiro atoms. The number of nitrogens with zero attached hydrogens (tertiary/aromatic N) is 3. The minimum atomic E-state index is -0.0237. The van der Waals surface area contributed by atoms with E-state index < -0.39 is 0 Å². The van der Waals surface area contributed by atoms with Crippen molar-refractivity contribution in [3.63, 3.8) is 0 Å². The number of carbonyl (C=O) groups excluding carboxylic acids is 1. The first-order chi connectivity index (χ1) is 12.8. The van der Waals surface area contributed by atoms with Gasteiger partial charge >= 0.3 is 0 Å². The van der Waals surface area contributed by atoms with Crippen molar-refractivity contribution in [2.45, 2.75) is 19.3 Å². The van der Waals surface area contributed by atoms with Crippen LogP contribution in [0.1, 0.15) is 17.8 Å². The lowest BCUT2D eigenvalue weighted by molar-refractivity contribution is -0.116. The molecule has 5 nitrogen and oxygen atoms in total. The van der Waals surface area contributed by atoms with Crippen LogP contribution in [0, 0.1) is 0 Å². The monoisotopic (exact) mass is 362 g/mol. The van der Waals surface area contributed by atoms with Crippen LogP contribution in [0.15, 0.2) is 66.9 Å². The van der Waals surface area contributed by atoms with E-state index in [0.717, 1.165) is 29.1 Å². The summed E-state index contributed by atoms with van der Waals surface area (Å²) >= 11 is 1.70. The van der Waals surface area contributed by atoms with E-state index in [0.29, 0.717) is 12.2 Å². The number of aryl methyl sites for hydroxylation is 1. The molecule has 0 aliphatic rings. The third kappa shape index (κ3) is 3.81. The number of amides is 1. The molecule has 0 bridgehead atoms. The first-order valence-corrected chi connectivity index (χ1v) is 9.35. The van der Waals surface area contributed by atoms with Crippen LogP contribution in [0.3, 0.4) is 0 Å². The van der Waals surface area contributed by atoms with E-state index in [4.69, 9.17) is 0 Å². The van der Waals surface area contributed by atoms with Crippen molar-refractivity contribution in [2.24, 2.45) is 0 Å². The number of aromatic nitrogens is 3. The number of hydrogen-bond acceptors (Lipinski definition) is 4. The number of anilines is 1. The lowest BCUT2D eigenvalue weighted by atomic mass is 10.2. The van der Waals surface area contributed by atoms with Crippen LogP contribution in [-0.2, 0) is 11.2 Å². The molecule has 0 radical (unpaired) electrons. The SMILES string of the molecule is O=C(CCCc1nc2ccccc2s1)Nc1ccn(-c2ccccc2)n1. The Morgan fingerprint density at radius 2 is 1.85 bits per heavy atom.